The van der Waals surface area contributed by atoms with Crippen molar-refractivity contribution in [2.75, 3.05) is 19.8 Å². The van der Waals surface area contributed by atoms with Gasteiger partial charge in [0.2, 0.25) is 0 Å². The van der Waals surface area contributed by atoms with E-state index in [2.05, 4.69) is 13.8 Å². The molecule has 0 N–H and O–H groups in total. The Morgan fingerprint density at radius 1 is 1.19 bits per heavy atom. The highest BCUT2D eigenvalue weighted by Gasteiger charge is 2.47. The van der Waals surface area contributed by atoms with Crippen molar-refractivity contribution in [3.63, 3.8) is 0 Å². The molecule has 3 aliphatic rings. The molecule has 2 heterocycles. The average molecular weight is 224 g/mol. The van der Waals surface area contributed by atoms with Crippen molar-refractivity contribution in [2.45, 2.75) is 45.6 Å². The zero-order valence-corrected chi connectivity index (χ0v) is 10.6. The van der Waals surface area contributed by atoms with Crippen LogP contribution >= 0.6 is 0 Å². The Hall–Kier alpha value is -0.0800. The Kier molecular flexibility index (Phi) is 2.75. The molecular formula is C14H24O2. The molecule has 3 unspecified atom stereocenters. The standard InChI is InChI=1S/C14H24O2/c1-10-3-5-14(2,11-8-15-9-11)7-12(10)13-4-6-16-13/h10-13H,3-9H2,1-2H3/t10?,12?,13-,14?/m0/s1. The van der Waals surface area contributed by atoms with E-state index in [0.717, 1.165) is 37.6 Å². The van der Waals surface area contributed by atoms with Gasteiger partial charge in [0.1, 0.15) is 0 Å². The van der Waals surface area contributed by atoms with E-state index in [0.29, 0.717) is 11.5 Å². The molecule has 0 bridgehead atoms. The Labute approximate surface area is 98.7 Å². The van der Waals surface area contributed by atoms with Gasteiger partial charge in [0.15, 0.2) is 0 Å². The maximum absolute atomic E-state index is 5.73. The van der Waals surface area contributed by atoms with Gasteiger partial charge in [0.05, 0.1) is 19.3 Å². The van der Waals surface area contributed by atoms with E-state index in [-0.39, 0.29) is 0 Å². The van der Waals surface area contributed by atoms with Crippen LogP contribution in [0.15, 0.2) is 0 Å². The van der Waals surface area contributed by atoms with Gasteiger partial charge in [-0.05, 0) is 42.9 Å². The molecule has 2 aliphatic heterocycles. The fourth-order valence-corrected chi connectivity index (χ4v) is 3.71. The summed E-state index contributed by atoms with van der Waals surface area (Å²) in [6.07, 6.45) is 6.03. The summed E-state index contributed by atoms with van der Waals surface area (Å²) in [4.78, 5) is 0. The highest BCUT2D eigenvalue weighted by Crippen LogP contribution is 2.51. The fourth-order valence-electron chi connectivity index (χ4n) is 3.71. The van der Waals surface area contributed by atoms with Crippen LogP contribution in [-0.4, -0.2) is 25.9 Å². The molecule has 0 aromatic heterocycles. The molecule has 2 saturated heterocycles. The summed E-state index contributed by atoms with van der Waals surface area (Å²) in [5.41, 5.74) is 0.536. The molecule has 3 fully saturated rings. The van der Waals surface area contributed by atoms with Crippen LogP contribution in [0.3, 0.4) is 0 Å². The van der Waals surface area contributed by atoms with Crippen molar-refractivity contribution < 1.29 is 9.47 Å². The molecule has 2 nitrogen and oxygen atoms in total. The summed E-state index contributed by atoms with van der Waals surface area (Å²) in [5, 5.41) is 0. The number of hydrogen-bond acceptors (Lipinski definition) is 2. The molecule has 1 aliphatic carbocycles. The number of ether oxygens (including phenoxy) is 2. The van der Waals surface area contributed by atoms with Crippen LogP contribution in [0.5, 0.6) is 0 Å². The van der Waals surface area contributed by atoms with E-state index < -0.39 is 0 Å². The average Bonchev–Trinajstić information content (AvgIpc) is 2.05. The van der Waals surface area contributed by atoms with Gasteiger partial charge in [-0.3, -0.25) is 0 Å². The van der Waals surface area contributed by atoms with Crippen molar-refractivity contribution >= 4 is 0 Å². The molecule has 4 atom stereocenters. The van der Waals surface area contributed by atoms with Crippen molar-refractivity contribution in [1.29, 1.82) is 0 Å². The Balaban J connectivity index is 1.68. The van der Waals surface area contributed by atoms with Gasteiger partial charge in [0.25, 0.3) is 0 Å². The van der Waals surface area contributed by atoms with E-state index >= 15 is 0 Å². The van der Waals surface area contributed by atoms with E-state index in [9.17, 15) is 0 Å². The normalized spacial score (nSPS) is 49.5. The minimum absolute atomic E-state index is 0.536. The maximum Gasteiger partial charge on any atom is 0.0627 e. The Morgan fingerprint density at radius 3 is 2.44 bits per heavy atom. The molecule has 0 aromatic rings. The number of hydrogen-bond donors (Lipinski definition) is 0. The van der Waals surface area contributed by atoms with E-state index in [1.807, 2.05) is 0 Å². The third kappa shape index (κ3) is 1.70. The van der Waals surface area contributed by atoms with Crippen LogP contribution < -0.4 is 0 Å². The van der Waals surface area contributed by atoms with Gasteiger partial charge < -0.3 is 9.47 Å². The lowest BCUT2D eigenvalue weighted by Gasteiger charge is -2.52. The lowest BCUT2D eigenvalue weighted by molar-refractivity contribution is -0.153. The van der Waals surface area contributed by atoms with Crippen LogP contribution in [0.2, 0.25) is 0 Å². The highest BCUT2D eigenvalue weighted by atomic mass is 16.5. The minimum atomic E-state index is 0.536. The van der Waals surface area contributed by atoms with Gasteiger partial charge in [-0.15, -0.1) is 0 Å². The lowest BCUT2D eigenvalue weighted by Crippen LogP contribution is -2.49. The first kappa shape index (κ1) is 11.0. The predicted molar refractivity (Wildman–Crippen MR) is 63.3 cm³/mol. The third-order valence-electron chi connectivity index (χ3n) is 5.44. The van der Waals surface area contributed by atoms with Gasteiger partial charge >= 0.3 is 0 Å². The monoisotopic (exact) mass is 224 g/mol. The summed E-state index contributed by atoms with van der Waals surface area (Å²) in [6.45, 7) is 7.91. The minimum Gasteiger partial charge on any atom is -0.381 e. The smallest absolute Gasteiger partial charge is 0.0627 e. The van der Waals surface area contributed by atoms with Crippen molar-refractivity contribution in [3.8, 4) is 0 Å². The Bertz CT molecular complexity index is 255. The topological polar surface area (TPSA) is 18.5 Å². The van der Waals surface area contributed by atoms with E-state index in [1.54, 1.807) is 0 Å². The van der Waals surface area contributed by atoms with Crippen molar-refractivity contribution in [1.82, 2.24) is 0 Å². The zero-order chi connectivity index (χ0) is 11.2. The predicted octanol–water partition coefficient (Wildman–Crippen LogP) is 2.86. The molecule has 2 heteroatoms. The van der Waals surface area contributed by atoms with Gasteiger partial charge in [-0.2, -0.15) is 0 Å². The third-order valence-corrected chi connectivity index (χ3v) is 5.44. The van der Waals surface area contributed by atoms with Crippen LogP contribution in [0.4, 0.5) is 0 Å². The van der Waals surface area contributed by atoms with Crippen LogP contribution in [0.1, 0.15) is 39.5 Å². The molecule has 0 aromatic carbocycles. The van der Waals surface area contributed by atoms with Gasteiger partial charge in [-0.1, -0.05) is 13.8 Å². The molecule has 0 spiro atoms. The molecule has 0 radical (unpaired) electrons. The molecule has 3 rings (SSSR count). The number of rotatable bonds is 2. The van der Waals surface area contributed by atoms with Crippen LogP contribution in [-0.2, 0) is 9.47 Å². The summed E-state index contributed by atoms with van der Waals surface area (Å²) >= 11 is 0. The van der Waals surface area contributed by atoms with Crippen LogP contribution in [0.25, 0.3) is 0 Å². The second kappa shape index (κ2) is 3.99. The quantitative estimate of drug-likeness (QED) is 0.718. The van der Waals surface area contributed by atoms with Gasteiger partial charge in [-0.25, -0.2) is 0 Å². The second-order valence-electron chi connectivity index (χ2n) is 6.47. The second-order valence-corrected chi connectivity index (χ2v) is 6.47. The lowest BCUT2D eigenvalue weighted by atomic mass is 9.59. The molecule has 0 amide bonds. The highest BCUT2D eigenvalue weighted by molar-refractivity contribution is 4.96. The Morgan fingerprint density at radius 2 is 1.94 bits per heavy atom. The molecule has 1 saturated carbocycles. The molecule has 92 valence electrons. The first-order valence-corrected chi connectivity index (χ1v) is 6.88. The zero-order valence-electron chi connectivity index (χ0n) is 10.6. The van der Waals surface area contributed by atoms with Gasteiger partial charge in [0, 0.05) is 12.5 Å². The van der Waals surface area contributed by atoms with Crippen molar-refractivity contribution in [2.24, 2.45) is 23.2 Å². The largest absolute Gasteiger partial charge is 0.381 e. The van der Waals surface area contributed by atoms with Crippen LogP contribution in [0, 0.1) is 23.2 Å². The maximum atomic E-state index is 5.73. The van der Waals surface area contributed by atoms with Crippen molar-refractivity contribution in [3.05, 3.63) is 0 Å². The molecule has 16 heavy (non-hydrogen) atoms. The fraction of sp³-hybridized carbons (Fsp3) is 1.00. The van der Waals surface area contributed by atoms with E-state index in [4.69, 9.17) is 9.47 Å². The molecular weight excluding hydrogens is 200 g/mol. The summed E-state index contributed by atoms with van der Waals surface area (Å²) in [6, 6.07) is 0. The summed E-state index contributed by atoms with van der Waals surface area (Å²) in [5.74, 6) is 2.50. The first-order valence-electron chi connectivity index (χ1n) is 6.88. The summed E-state index contributed by atoms with van der Waals surface area (Å²) < 4.78 is 11.1. The summed E-state index contributed by atoms with van der Waals surface area (Å²) in [7, 11) is 0. The first-order chi connectivity index (χ1) is 7.69. The SMILES string of the molecule is CC1CCC(C)(C2COC2)CC1[C@@H]1CCO1. The van der Waals surface area contributed by atoms with E-state index in [1.165, 1.54) is 25.7 Å².